The van der Waals surface area contributed by atoms with Gasteiger partial charge >= 0.3 is 0 Å². The first-order valence-electron chi connectivity index (χ1n) is 7.98. The highest BCUT2D eigenvalue weighted by Gasteiger charge is 2.29. The van der Waals surface area contributed by atoms with Crippen molar-refractivity contribution in [2.75, 3.05) is 29.0 Å². The molecule has 132 valence electrons. The molecular formula is C18H20N2O4S. The van der Waals surface area contributed by atoms with Gasteiger partial charge in [-0.2, -0.15) is 0 Å². The van der Waals surface area contributed by atoms with Crippen LogP contribution in [0.15, 0.2) is 42.5 Å². The number of carbonyl (C=O) groups is 1. The SMILES string of the molecule is COc1cc(N2CCCS2(=O)=O)ccc1NC(=O)c1ccccc1C. The largest absolute Gasteiger partial charge is 0.494 e. The van der Waals surface area contributed by atoms with Crippen LogP contribution in [0.1, 0.15) is 22.3 Å². The number of sulfonamides is 1. The Morgan fingerprint density at radius 3 is 2.60 bits per heavy atom. The maximum atomic E-state index is 12.5. The van der Waals surface area contributed by atoms with E-state index in [-0.39, 0.29) is 11.7 Å². The van der Waals surface area contributed by atoms with E-state index in [0.717, 1.165) is 5.56 Å². The van der Waals surface area contributed by atoms with Gasteiger partial charge in [0, 0.05) is 18.2 Å². The van der Waals surface area contributed by atoms with Crippen molar-refractivity contribution >= 4 is 27.3 Å². The lowest BCUT2D eigenvalue weighted by Crippen LogP contribution is -2.25. The first kappa shape index (κ1) is 17.3. The molecule has 0 saturated carbocycles. The van der Waals surface area contributed by atoms with Crippen molar-refractivity contribution in [3.63, 3.8) is 0 Å². The minimum atomic E-state index is -3.26. The second kappa shape index (κ2) is 6.76. The third-order valence-corrected chi connectivity index (χ3v) is 6.08. The van der Waals surface area contributed by atoms with Gasteiger partial charge in [0.1, 0.15) is 5.75 Å². The third kappa shape index (κ3) is 3.46. The molecule has 0 radical (unpaired) electrons. The first-order valence-corrected chi connectivity index (χ1v) is 9.59. The van der Waals surface area contributed by atoms with E-state index >= 15 is 0 Å². The summed E-state index contributed by atoms with van der Waals surface area (Å²) >= 11 is 0. The minimum absolute atomic E-state index is 0.154. The Bertz CT molecular complexity index is 909. The zero-order valence-electron chi connectivity index (χ0n) is 14.2. The van der Waals surface area contributed by atoms with Crippen LogP contribution in [0, 0.1) is 6.92 Å². The number of nitrogens with zero attached hydrogens (tertiary/aromatic N) is 1. The molecule has 0 atom stereocenters. The van der Waals surface area contributed by atoms with Gasteiger partial charge in [-0.15, -0.1) is 0 Å². The first-order chi connectivity index (χ1) is 11.9. The number of hydrogen-bond donors (Lipinski definition) is 1. The van der Waals surface area contributed by atoms with Crippen LogP contribution in [-0.2, 0) is 10.0 Å². The molecule has 0 spiro atoms. The van der Waals surface area contributed by atoms with Crippen molar-refractivity contribution in [3.05, 3.63) is 53.6 Å². The maximum Gasteiger partial charge on any atom is 0.256 e. The quantitative estimate of drug-likeness (QED) is 0.910. The average molecular weight is 360 g/mol. The summed E-state index contributed by atoms with van der Waals surface area (Å²) in [6, 6.07) is 12.3. The van der Waals surface area contributed by atoms with Crippen molar-refractivity contribution in [2.24, 2.45) is 0 Å². The number of benzene rings is 2. The number of ether oxygens (including phenoxy) is 1. The highest BCUT2D eigenvalue weighted by Crippen LogP contribution is 2.33. The molecule has 1 amide bonds. The van der Waals surface area contributed by atoms with Gasteiger partial charge < -0.3 is 10.1 Å². The van der Waals surface area contributed by atoms with Gasteiger partial charge in [-0.3, -0.25) is 9.10 Å². The Morgan fingerprint density at radius 2 is 1.96 bits per heavy atom. The highest BCUT2D eigenvalue weighted by atomic mass is 32.2. The van der Waals surface area contributed by atoms with Crippen molar-refractivity contribution in [2.45, 2.75) is 13.3 Å². The molecule has 7 heteroatoms. The zero-order chi connectivity index (χ0) is 18.0. The summed E-state index contributed by atoms with van der Waals surface area (Å²) in [7, 11) is -1.77. The maximum absolute atomic E-state index is 12.5. The van der Waals surface area contributed by atoms with E-state index in [4.69, 9.17) is 4.74 Å². The van der Waals surface area contributed by atoms with Crippen LogP contribution in [0.4, 0.5) is 11.4 Å². The van der Waals surface area contributed by atoms with Crippen molar-refractivity contribution in [3.8, 4) is 5.75 Å². The summed E-state index contributed by atoms with van der Waals surface area (Å²) in [6.07, 6.45) is 0.608. The molecule has 25 heavy (non-hydrogen) atoms. The molecule has 0 unspecified atom stereocenters. The minimum Gasteiger partial charge on any atom is -0.494 e. The lowest BCUT2D eigenvalue weighted by molar-refractivity contribution is 0.102. The number of nitrogens with one attached hydrogen (secondary N) is 1. The number of methoxy groups -OCH3 is 1. The summed E-state index contributed by atoms with van der Waals surface area (Å²) < 4.78 is 30.8. The van der Waals surface area contributed by atoms with Crippen LogP contribution < -0.4 is 14.4 Å². The molecule has 1 aliphatic heterocycles. The second-order valence-corrected chi connectivity index (χ2v) is 7.91. The van der Waals surface area contributed by atoms with E-state index in [2.05, 4.69) is 5.32 Å². The molecule has 1 fully saturated rings. The number of rotatable bonds is 4. The number of carbonyl (C=O) groups excluding carboxylic acids is 1. The topological polar surface area (TPSA) is 75.7 Å². The van der Waals surface area contributed by atoms with Crippen LogP contribution in [0.2, 0.25) is 0 Å². The summed E-state index contributed by atoms with van der Waals surface area (Å²) in [5.41, 5.74) is 2.49. The van der Waals surface area contributed by atoms with Gasteiger partial charge in [-0.05, 0) is 37.1 Å². The summed E-state index contributed by atoms with van der Waals surface area (Å²) in [4.78, 5) is 12.5. The Labute approximate surface area is 147 Å². The number of anilines is 2. The summed E-state index contributed by atoms with van der Waals surface area (Å²) in [5, 5.41) is 2.83. The number of hydrogen-bond acceptors (Lipinski definition) is 4. The van der Waals surface area contributed by atoms with Crippen molar-refractivity contribution in [1.29, 1.82) is 0 Å². The molecular weight excluding hydrogens is 340 g/mol. The molecule has 1 saturated heterocycles. The fraction of sp³-hybridized carbons (Fsp3) is 0.278. The van der Waals surface area contributed by atoms with Gasteiger partial charge in [0.25, 0.3) is 5.91 Å². The number of aryl methyl sites for hydroxylation is 1. The van der Waals surface area contributed by atoms with E-state index in [1.165, 1.54) is 11.4 Å². The second-order valence-electron chi connectivity index (χ2n) is 5.90. The molecule has 1 N–H and O–H groups in total. The smallest absolute Gasteiger partial charge is 0.256 e. The molecule has 0 aromatic heterocycles. The van der Waals surface area contributed by atoms with E-state index in [1.54, 1.807) is 30.3 Å². The van der Waals surface area contributed by atoms with E-state index in [1.807, 2.05) is 19.1 Å². The molecule has 2 aromatic carbocycles. The van der Waals surface area contributed by atoms with E-state index < -0.39 is 10.0 Å². The standard InChI is InChI=1S/C18H20N2O4S/c1-13-6-3-4-7-15(13)18(21)19-16-9-8-14(12-17(16)24-2)20-10-5-11-25(20,22)23/h3-4,6-9,12H,5,10-11H2,1-2H3,(H,19,21). The predicted octanol–water partition coefficient (Wildman–Crippen LogP) is 2.80. The molecule has 6 nitrogen and oxygen atoms in total. The highest BCUT2D eigenvalue weighted by molar-refractivity contribution is 7.93. The van der Waals surface area contributed by atoms with Crippen LogP contribution in [0.5, 0.6) is 5.75 Å². The van der Waals surface area contributed by atoms with E-state index in [0.29, 0.717) is 35.7 Å². The Kier molecular flexibility index (Phi) is 4.67. The fourth-order valence-corrected chi connectivity index (χ4v) is 4.44. The Balaban J connectivity index is 1.88. The van der Waals surface area contributed by atoms with Gasteiger partial charge in [-0.25, -0.2) is 8.42 Å². The zero-order valence-corrected chi connectivity index (χ0v) is 15.0. The van der Waals surface area contributed by atoms with Gasteiger partial charge in [0.2, 0.25) is 10.0 Å². The van der Waals surface area contributed by atoms with Crippen molar-refractivity contribution < 1.29 is 17.9 Å². The van der Waals surface area contributed by atoms with Crippen LogP contribution in [0.25, 0.3) is 0 Å². The molecule has 1 heterocycles. The monoisotopic (exact) mass is 360 g/mol. The van der Waals surface area contributed by atoms with Gasteiger partial charge in [0.05, 0.1) is 24.2 Å². The molecule has 1 aliphatic rings. The normalized spacial score (nSPS) is 15.8. The fourth-order valence-electron chi connectivity index (χ4n) is 2.89. The van der Waals surface area contributed by atoms with Gasteiger partial charge in [-0.1, -0.05) is 18.2 Å². The predicted molar refractivity (Wildman–Crippen MR) is 97.9 cm³/mol. The lowest BCUT2D eigenvalue weighted by Gasteiger charge is -2.19. The molecule has 3 rings (SSSR count). The Morgan fingerprint density at radius 1 is 1.20 bits per heavy atom. The Hall–Kier alpha value is -2.54. The number of amides is 1. The van der Waals surface area contributed by atoms with E-state index in [9.17, 15) is 13.2 Å². The van der Waals surface area contributed by atoms with Crippen LogP contribution >= 0.6 is 0 Å². The molecule has 0 aliphatic carbocycles. The molecule has 0 bridgehead atoms. The van der Waals surface area contributed by atoms with Gasteiger partial charge in [0.15, 0.2) is 0 Å². The third-order valence-electron chi connectivity index (χ3n) is 4.21. The average Bonchev–Trinajstić information content (AvgIpc) is 2.94. The molecule has 2 aromatic rings. The summed E-state index contributed by atoms with van der Waals surface area (Å²) in [6.45, 7) is 2.33. The van der Waals surface area contributed by atoms with Crippen LogP contribution in [0.3, 0.4) is 0 Å². The lowest BCUT2D eigenvalue weighted by atomic mass is 10.1. The van der Waals surface area contributed by atoms with Crippen molar-refractivity contribution in [1.82, 2.24) is 0 Å². The summed E-state index contributed by atoms with van der Waals surface area (Å²) in [5.74, 6) is 0.334. The van der Waals surface area contributed by atoms with Crippen LogP contribution in [-0.4, -0.2) is 33.7 Å².